The van der Waals surface area contributed by atoms with Gasteiger partial charge in [0.25, 0.3) is 5.91 Å². The molecule has 1 saturated heterocycles. The Bertz CT molecular complexity index is 1170. The zero-order valence-electron chi connectivity index (χ0n) is 17.2. The molecular weight excluding hydrogens is 453 g/mol. The van der Waals surface area contributed by atoms with Crippen molar-refractivity contribution in [1.82, 2.24) is 15.4 Å². The van der Waals surface area contributed by atoms with Gasteiger partial charge in [-0.2, -0.15) is 0 Å². The van der Waals surface area contributed by atoms with Crippen LogP contribution in [0.15, 0.2) is 54.9 Å². The maximum absolute atomic E-state index is 14.1. The molecule has 0 saturated carbocycles. The van der Waals surface area contributed by atoms with Gasteiger partial charge in [-0.15, -0.1) is 0 Å². The zero-order valence-corrected chi connectivity index (χ0v) is 18.0. The molecule has 2 aromatic carbocycles. The van der Waals surface area contributed by atoms with E-state index in [1.54, 1.807) is 35.2 Å². The minimum absolute atomic E-state index is 0.117. The quantitative estimate of drug-likeness (QED) is 0.415. The number of carbonyl (C=O) groups excluding carboxylic acids is 1. The van der Waals surface area contributed by atoms with Crippen molar-refractivity contribution < 1.29 is 14.1 Å². The number of nitrogens with one attached hydrogen (secondary N) is 2. The highest BCUT2D eigenvalue weighted by Crippen LogP contribution is 2.32. The number of aromatic nitrogens is 2. The van der Waals surface area contributed by atoms with Gasteiger partial charge in [0.1, 0.15) is 12.1 Å². The Morgan fingerprint density at radius 2 is 1.70 bits per heavy atom. The average Bonchev–Trinajstić information content (AvgIpc) is 2.83. The number of carbonyl (C=O) groups is 1. The second-order valence-corrected chi connectivity index (χ2v) is 7.60. The Morgan fingerprint density at radius 1 is 1.03 bits per heavy atom. The van der Waals surface area contributed by atoms with E-state index in [-0.39, 0.29) is 23.1 Å². The van der Waals surface area contributed by atoms with Gasteiger partial charge in [-0.1, -0.05) is 23.7 Å². The number of nitro groups is 1. The van der Waals surface area contributed by atoms with Crippen LogP contribution in [-0.4, -0.2) is 47.0 Å². The van der Waals surface area contributed by atoms with E-state index >= 15 is 0 Å². The fourth-order valence-corrected chi connectivity index (χ4v) is 3.64. The number of benzene rings is 2. The molecule has 0 spiro atoms. The third kappa shape index (κ3) is 4.93. The molecule has 0 unspecified atom stereocenters. The van der Waals surface area contributed by atoms with Gasteiger partial charge in [-0.05, 0) is 36.4 Å². The lowest BCUT2D eigenvalue weighted by molar-refractivity contribution is -0.383. The molecule has 170 valence electrons. The van der Waals surface area contributed by atoms with Crippen LogP contribution in [0.4, 0.5) is 27.4 Å². The number of piperazine rings is 1. The van der Waals surface area contributed by atoms with Gasteiger partial charge in [0.15, 0.2) is 0 Å². The first-order valence-electron chi connectivity index (χ1n) is 10.00. The smallest absolute Gasteiger partial charge is 0.355 e. The number of halogens is 2. The SMILES string of the molecule is O=C(NNc1ncnc(N2CCN(c3ccccc3F)CC2)c1[N+](=O)[O-])c1ccc(Cl)cc1. The molecule has 0 bridgehead atoms. The third-order valence-electron chi connectivity index (χ3n) is 5.16. The summed E-state index contributed by atoms with van der Waals surface area (Å²) in [6, 6.07) is 12.6. The first-order chi connectivity index (χ1) is 15.9. The van der Waals surface area contributed by atoms with Gasteiger partial charge in [-0.25, -0.2) is 14.4 Å². The van der Waals surface area contributed by atoms with E-state index in [4.69, 9.17) is 11.6 Å². The molecule has 1 fully saturated rings. The molecule has 4 rings (SSSR count). The van der Waals surface area contributed by atoms with Gasteiger partial charge in [-0.3, -0.25) is 25.8 Å². The molecule has 1 aliphatic heterocycles. The van der Waals surface area contributed by atoms with Crippen LogP contribution in [0.5, 0.6) is 0 Å². The number of hydrogen-bond donors (Lipinski definition) is 2. The average molecular weight is 472 g/mol. The predicted octanol–water partition coefficient (Wildman–Crippen LogP) is 3.26. The Labute approximate surface area is 193 Å². The van der Waals surface area contributed by atoms with Crippen molar-refractivity contribution in [2.45, 2.75) is 0 Å². The van der Waals surface area contributed by atoms with Crippen molar-refractivity contribution in [2.75, 3.05) is 41.4 Å². The fourth-order valence-electron chi connectivity index (χ4n) is 3.52. The van der Waals surface area contributed by atoms with Crippen molar-refractivity contribution in [3.05, 3.63) is 81.4 Å². The molecule has 0 radical (unpaired) electrons. The number of nitrogens with zero attached hydrogens (tertiary/aromatic N) is 5. The molecule has 3 aromatic rings. The molecule has 10 nitrogen and oxygen atoms in total. The molecule has 1 aromatic heterocycles. The van der Waals surface area contributed by atoms with Gasteiger partial charge < -0.3 is 9.80 Å². The first kappa shape index (κ1) is 22.2. The lowest BCUT2D eigenvalue weighted by Gasteiger charge is -2.36. The van der Waals surface area contributed by atoms with Gasteiger partial charge in [0, 0.05) is 36.8 Å². The van der Waals surface area contributed by atoms with Crippen LogP contribution in [0.25, 0.3) is 0 Å². The lowest BCUT2D eigenvalue weighted by atomic mass is 10.2. The minimum Gasteiger partial charge on any atom is -0.366 e. The normalized spacial score (nSPS) is 13.5. The van der Waals surface area contributed by atoms with Crippen molar-refractivity contribution in [3.8, 4) is 0 Å². The summed E-state index contributed by atoms with van der Waals surface area (Å²) in [6.07, 6.45) is 1.18. The van der Waals surface area contributed by atoms with Crippen molar-refractivity contribution in [2.24, 2.45) is 0 Å². The van der Waals surface area contributed by atoms with E-state index in [0.29, 0.717) is 42.5 Å². The molecule has 2 heterocycles. The highest BCUT2D eigenvalue weighted by atomic mass is 35.5. The monoisotopic (exact) mass is 471 g/mol. The summed E-state index contributed by atoms with van der Waals surface area (Å²) >= 11 is 5.82. The standard InChI is InChI=1S/C21H19ClFN7O3/c22-15-7-5-14(6-8-15)21(31)27-26-19-18(30(32)33)20(25-13-24-19)29-11-9-28(10-12-29)17-4-2-1-3-16(17)23/h1-8,13H,9-12H2,(H,27,31)(H,24,25,26). The van der Waals surface area contributed by atoms with Crippen LogP contribution < -0.4 is 20.7 Å². The summed E-state index contributed by atoms with van der Waals surface area (Å²) in [5, 5.41) is 12.3. The van der Waals surface area contributed by atoms with Gasteiger partial charge >= 0.3 is 5.69 Å². The predicted molar refractivity (Wildman–Crippen MR) is 122 cm³/mol. The van der Waals surface area contributed by atoms with Gasteiger partial charge in [0.05, 0.1) is 10.6 Å². The summed E-state index contributed by atoms with van der Waals surface area (Å²) in [5.41, 5.74) is 5.35. The Morgan fingerprint density at radius 3 is 2.36 bits per heavy atom. The maximum Gasteiger partial charge on any atom is 0.355 e. The Hall–Kier alpha value is -3.99. The highest BCUT2D eigenvalue weighted by Gasteiger charge is 2.30. The van der Waals surface area contributed by atoms with E-state index in [2.05, 4.69) is 20.8 Å². The van der Waals surface area contributed by atoms with Crippen LogP contribution in [-0.2, 0) is 0 Å². The molecule has 33 heavy (non-hydrogen) atoms. The van der Waals surface area contributed by atoms with E-state index < -0.39 is 10.8 Å². The Balaban J connectivity index is 1.49. The molecule has 0 atom stereocenters. The fraction of sp³-hybridized carbons (Fsp3) is 0.190. The minimum atomic E-state index is -0.602. The molecular formula is C21H19ClFN7O3. The van der Waals surface area contributed by atoms with E-state index in [1.165, 1.54) is 24.5 Å². The zero-order chi connectivity index (χ0) is 23.4. The number of amides is 1. The van der Waals surface area contributed by atoms with Crippen LogP contribution in [0.1, 0.15) is 10.4 Å². The van der Waals surface area contributed by atoms with E-state index in [9.17, 15) is 19.3 Å². The van der Waals surface area contributed by atoms with Crippen LogP contribution >= 0.6 is 11.6 Å². The lowest BCUT2D eigenvalue weighted by Crippen LogP contribution is -2.47. The summed E-state index contributed by atoms with van der Waals surface area (Å²) in [6.45, 7) is 1.70. The van der Waals surface area contributed by atoms with E-state index in [1.807, 2.05) is 4.90 Å². The third-order valence-corrected chi connectivity index (χ3v) is 5.41. The summed E-state index contributed by atoms with van der Waals surface area (Å²) < 4.78 is 14.1. The summed E-state index contributed by atoms with van der Waals surface area (Å²) in [7, 11) is 0. The van der Waals surface area contributed by atoms with Gasteiger partial charge in [0.2, 0.25) is 11.6 Å². The number of anilines is 3. The molecule has 0 aliphatic carbocycles. The second-order valence-electron chi connectivity index (χ2n) is 7.16. The number of hydrazine groups is 1. The topological polar surface area (TPSA) is 117 Å². The Kier molecular flexibility index (Phi) is 6.50. The second kappa shape index (κ2) is 9.65. The summed E-state index contributed by atoms with van der Waals surface area (Å²) in [4.78, 5) is 35.2. The van der Waals surface area contributed by atoms with Crippen molar-refractivity contribution in [1.29, 1.82) is 0 Å². The molecule has 1 amide bonds. The van der Waals surface area contributed by atoms with Crippen LogP contribution in [0, 0.1) is 15.9 Å². The number of rotatable bonds is 6. The largest absolute Gasteiger partial charge is 0.366 e. The molecule has 2 N–H and O–H groups in total. The maximum atomic E-state index is 14.1. The first-order valence-corrected chi connectivity index (χ1v) is 10.4. The van der Waals surface area contributed by atoms with E-state index in [0.717, 1.165) is 0 Å². The van der Waals surface area contributed by atoms with Crippen molar-refractivity contribution >= 4 is 40.5 Å². The van der Waals surface area contributed by atoms with Crippen LogP contribution in [0.2, 0.25) is 5.02 Å². The molecule has 12 heteroatoms. The van der Waals surface area contributed by atoms with Crippen LogP contribution in [0.3, 0.4) is 0 Å². The highest BCUT2D eigenvalue weighted by molar-refractivity contribution is 6.30. The van der Waals surface area contributed by atoms with Crippen molar-refractivity contribution in [3.63, 3.8) is 0 Å². The number of hydrogen-bond acceptors (Lipinski definition) is 8. The molecule has 1 aliphatic rings. The summed E-state index contributed by atoms with van der Waals surface area (Å²) in [5.74, 6) is -0.864. The number of para-hydroxylation sites is 1.